The molecule has 1 aliphatic carbocycles. The highest BCUT2D eigenvalue weighted by Crippen LogP contribution is 2.28. The Morgan fingerprint density at radius 3 is 2.67 bits per heavy atom. The minimum Gasteiger partial charge on any atom is -0.381 e. The van der Waals surface area contributed by atoms with Crippen LogP contribution in [0.1, 0.15) is 32.6 Å². The Balaban J connectivity index is 1.68. The summed E-state index contributed by atoms with van der Waals surface area (Å²) in [5, 5.41) is 5.89. The monoisotopic (exact) mass is 212 g/mol. The minimum atomic E-state index is -0.00906. The summed E-state index contributed by atoms with van der Waals surface area (Å²) >= 11 is 0. The molecule has 4 heteroatoms. The van der Waals surface area contributed by atoms with Gasteiger partial charge in [-0.2, -0.15) is 0 Å². The van der Waals surface area contributed by atoms with Crippen molar-refractivity contribution >= 4 is 6.03 Å². The van der Waals surface area contributed by atoms with Gasteiger partial charge in [0, 0.05) is 25.8 Å². The van der Waals surface area contributed by atoms with Gasteiger partial charge in [0.25, 0.3) is 0 Å². The summed E-state index contributed by atoms with van der Waals surface area (Å²) in [5.41, 5.74) is 0.221. The van der Waals surface area contributed by atoms with Gasteiger partial charge in [-0.15, -0.1) is 0 Å². The van der Waals surface area contributed by atoms with Crippen LogP contribution >= 0.6 is 0 Å². The van der Waals surface area contributed by atoms with E-state index in [4.69, 9.17) is 4.74 Å². The molecule has 86 valence electrons. The Kier molecular flexibility index (Phi) is 3.14. The van der Waals surface area contributed by atoms with Crippen molar-refractivity contribution in [2.75, 3.05) is 19.8 Å². The number of amides is 2. The highest BCUT2D eigenvalue weighted by Gasteiger charge is 2.29. The van der Waals surface area contributed by atoms with Crippen LogP contribution in [-0.2, 0) is 4.74 Å². The van der Waals surface area contributed by atoms with Crippen molar-refractivity contribution in [3.05, 3.63) is 0 Å². The average molecular weight is 212 g/mol. The van der Waals surface area contributed by atoms with Gasteiger partial charge < -0.3 is 15.4 Å². The third kappa shape index (κ3) is 3.38. The lowest BCUT2D eigenvalue weighted by Gasteiger charge is -2.33. The van der Waals surface area contributed by atoms with Crippen LogP contribution in [0.25, 0.3) is 0 Å². The fraction of sp³-hybridized carbons (Fsp3) is 0.909. The van der Waals surface area contributed by atoms with Crippen LogP contribution in [0.2, 0.25) is 0 Å². The standard InChI is InChI=1S/C11H20N2O2/c1-11(4-6-15-7-5-11)8-12-10(14)13-9-2-3-9/h9H,2-8H2,1H3,(H2,12,13,14). The predicted molar refractivity (Wildman–Crippen MR) is 57.7 cm³/mol. The molecule has 0 spiro atoms. The molecule has 1 heterocycles. The van der Waals surface area contributed by atoms with Gasteiger partial charge in [0.15, 0.2) is 0 Å². The molecule has 15 heavy (non-hydrogen) atoms. The summed E-state index contributed by atoms with van der Waals surface area (Å²) in [6, 6.07) is 0.428. The van der Waals surface area contributed by atoms with Crippen LogP contribution in [-0.4, -0.2) is 31.8 Å². The molecule has 2 fully saturated rings. The van der Waals surface area contributed by atoms with Gasteiger partial charge in [-0.25, -0.2) is 4.79 Å². The average Bonchev–Trinajstić information content (AvgIpc) is 3.00. The first kappa shape index (κ1) is 10.7. The van der Waals surface area contributed by atoms with Crippen molar-refractivity contribution in [1.82, 2.24) is 10.6 Å². The first-order valence-electron chi connectivity index (χ1n) is 5.80. The van der Waals surface area contributed by atoms with Crippen molar-refractivity contribution in [2.45, 2.75) is 38.6 Å². The molecule has 0 aromatic rings. The van der Waals surface area contributed by atoms with E-state index < -0.39 is 0 Å². The van der Waals surface area contributed by atoms with Gasteiger partial charge >= 0.3 is 6.03 Å². The number of ether oxygens (including phenoxy) is 1. The highest BCUT2D eigenvalue weighted by molar-refractivity contribution is 5.74. The van der Waals surface area contributed by atoms with Gasteiger partial charge in [0.1, 0.15) is 0 Å². The lowest BCUT2D eigenvalue weighted by Crippen LogP contribution is -2.44. The Labute approximate surface area is 90.8 Å². The Morgan fingerprint density at radius 1 is 1.40 bits per heavy atom. The molecule has 1 saturated heterocycles. The maximum absolute atomic E-state index is 11.4. The Morgan fingerprint density at radius 2 is 2.07 bits per heavy atom. The first-order chi connectivity index (χ1) is 7.18. The lowest BCUT2D eigenvalue weighted by molar-refractivity contribution is 0.0252. The third-order valence-electron chi connectivity index (χ3n) is 3.29. The summed E-state index contributed by atoms with van der Waals surface area (Å²) in [6.45, 7) is 4.62. The molecular weight excluding hydrogens is 192 g/mol. The third-order valence-corrected chi connectivity index (χ3v) is 3.29. The van der Waals surface area contributed by atoms with Crippen LogP contribution in [0, 0.1) is 5.41 Å². The largest absolute Gasteiger partial charge is 0.381 e. The molecule has 0 atom stereocenters. The summed E-state index contributed by atoms with van der Waals surface area (Å²) in [6.07, 6.45) is 4.35. The Hall–Kier alpha value is -0.770. The zero-order valence-corrected chi connectivity index (χ0v) is 9.34. The van der Waals surface area contributed by atoms with Gasteiger partial charge in [-0.05, 0) is 31.1 Å². The number of urea groups is 1. The molecule has 0 aromatic carbocycles. The number of hydrogen-bond acceptors (Lipinski definition) is 2. The molecule has 1 saturated carbocycles. The van der Waals surface area contributed by atoms with E-state index in [1.54, 1.807) is 0 Å². The number of carbonyl (C=O) groups is 1. The number of carbonyl (C=O) groups excluding carboxylic acids is 1. The number of rotatable bonds is 3. The van der Waals surface area contributed by atoms with Crippen LogP contribution in [0.3, 0.4) is 0 Å². The molecule has 2 aliphatic rings. The normalized spacial score (nSPS) is 24.6. The van der Waals surface area contributed by atoms with E-state index in [0.29, 0.717) is 6.04 Å². The molecular formula is C11H20N2O2. The van der Waals surface area contributed by atoms with Crippen LogP contribution in [0.15, 0.2) is 0 Å². The molecule has 4 nitrogen and oxygen atoms in total. The van der Waals surface area contributed by atoms with Crippen molar-refractivity contribution in [3.8, 4) is 0 Å². The predicted octanol–water partition coefficient (Wildman–Crippen LogP) is 1.26. The van der Waals surface area contributed by atoms with Gasteiger partial charge in [-0.1, -0.05) is 6.92 Å². The van der Waals surface area contributed by atoms with Crippen LogP contribution < -0.4 is 10.6 Å². The van der Waals surface area contributed by atoms with Crippen LogP contribution in [0.4, 0.5) is 4.79 Å². The maximum Gasteiger partial charge on any atom is 0.315 e. The van der Waals surface area contributed by atoms with E-state index in [2.05, 4.69) is 17.6 Å². The zero-order chi connectivity index (χ0) is 10.7. The summed E-state index contributed by atoms with van der Waals surface area (Å²) in [4.78, 5) is 11.4. The van der Waals surface area contributed by atoms with Gasteiger partial charge in [0.05, 0.1) is 0 Å². The molecule has 0 aromatic heterocycles. The lowest BCUT2D eigenvalue weighted by atomic mass is 9.82. The van der Waals surface area contributed by atoms with Gasteiger partial charge in [-0.3, -0.25) is 0 Å². The second-order valence-electron chi connectivity index (χ2n) is 5.02. The molecule has 1 aliphatic heterocycles. The molecule has 2 rings (SSSR count). The zero-order valence-electron chi connectivity index (χ0n) is 9.34. The summed E-state index contributed by atoms with van der Waals surface area (Å²) in [7, 11) is 0. The van der Waals surface area contributed by atoms with Crippen LogP contribution in [0.5, 0.6) is 0 Å². The Bertz CT molecular complexity index is 233. The van der Waals surface area contributed by atoms with Gasteiger partial charge in [0.2, 0.25) is 0 Å². The number of hydrogen-bond donors (Lipinski definition) is 2. The highest BCUT2D eigenvalue weighted by atomic mass is 16.5. The molecule has 2 N–H and O–H groups in total. The van der Waals surface area contributed by atoms with E-state index in [9.17, 15) is 4.79 Å². The minimum absolute atomic E-state index is 0.00906. The second kappa shape index (κ2) is 4.39. The SMILES string of the molecule is CC1(CNC(=O)NC2CC2)CCOCC1. The smallest absolute Gasteiger partial charge is 0.315 e. The fourth-order valence-electron chi connectivity index (χ4n) is 1.80. The summed E-state index contributed by atoms with van der Waals surface area (Å²) < 4.78 is 5.32. The molecule has 0 unspecified atom stereocenters. The van der Waals surface area contributed by atoms with E-state index in [1.807, 2.05) is 0 Å². The van der Waals surface area contributed by atoms with Crippen molar-refractivity contribution in [1.29, 1.82) is 0 Å². The quantitative estimate of drug-likeness (QED) is 0.740. The van der Waals surface area contributed by atoms with E-state index in [-0.39, 0.29) is 11.4 Å². The topological polar surface area (TPSA) is 50.4 Å². The van der Waals surface area contributed by atoms with E-state index in [0.717, 1.165) is 45.4 Å². The van der Waals surface area contributed by atoms with Crippen molar-refractivity contribution in [3.63, 3.8) is 0 Å². The van der Waals surface area contributed by atoms with Crippen molar-refractivity contribution < 1.29 is 9.53 Å². The molecule has 2 amide bonds. The summed E-state index contributed by atoms with van der Waals surface area (Å²) in [5.74, 6) is 0. The fourth-order valence-corrected chi connectivity index (χ4v) is 1.80. The second-order valence-corrected chi connectivity index (χ2v) is 5.02. The van der Waals surface area contributed by atoms with Crippen molar-refractivity contribution in [2.24, 2.45) is 5.41 Å². The van der Waals surface area contributed by atoms with E-state index in [1.165, 1.54) is 0 Å². The molecule has 0 bridgehead atoms. The van der Waals surface area contributed by atoms with E-state index >= 15 is 0 Å². The number of nitrogens with one attached hydrogen (secondary N) is 2. The first-order valence-corrected chi connectivity index (χ1v) is 5.80. The maximum atomic E-state index is 11.4. The molecule has 0 radical (unpaired) electrons.